The van der Waals surface area contributed by atoms with Gasteiger partial charge in [-0.1, -0.05) is 0 Å². The lowest BCUT2D eigenvalue weighted by Crippen LogP contribution is -2.06. The summed E-state index contributed by atoms with van der Waals surface area (Å²) in [6.45, 7) is 1.95. The molecule has 0 saturated heterocycles. The van der Waals surface area contributed by atoms with Crippen LogP contribution in [0.5, 0.6) is 5.75 Å². The zero-order valence-electron chi connectivity index (χ0n) is 10.8. The second kappa shape index (κ2) is 4.91. The topological polar surface area (TPSA) is 39.2 Å². The number of fused-ring (bicyclic) bond motifs is 1. The van der Waals surface area contributed by atoms with Gasteiger partial charge in [0.05, 0.1) is 5.52 Å². The Hall–Kier alpha value is -2.04. The number of aryl methyl sites for hydroxylation is 2. The number of hydrogen-bond donors (Lipinski definition) is 0. The molecule has 0 aliphatic heterocycles. The monoisotopic (exact) mass is 265 g/mol. The fraction of sp³-hybridized carbons (Fsp3) is 0.286. The zero-order valence-corrected chi connectivity index (χ0v) is 10.8. The number of hydrogen-bond acceptors (Lipinski definition) is 3. The van der Waals surface area contributed by atoms with Crippen molar-refractivity contribution in [2.45, 2.75) is 27.4 Å². The Balaban J connectivity index is 2.65. The summed E-state index contributed by atoms with van der Waals surface area (Å²) in [6.07, 6.45) is 1.44. The maximum Gasteiger partial charge on any atom is 0.387 e. The number of Topliss-reactive ketones (excluding diaryl/α,β-unsaturated/α-hetero) is 1. The zero-order chi connectivity index (χ0) is 14.2. The molecule has 3 nitrogen and oxygen atoms in total. The number of benzene rings is 1. The van der Waals surface area contributed by atoms with Crippen molar-refractivity contribution in [2.24, 2.45) is 0 Å². The van der Waals surface area contributed by atoms with Crippen LogP contribution in [0.1, 0.15) is 28.4 Å². The third-order valence-electron chi connectivity index (χ3n) is 2.96. The van der Waals surface area contributed by atoms with Gasteiger partial charge in [-0.3, -0.25) is 9.78 Å². The number of aromatic nitrogens is 1. The van der Waals surface area contributed by atoms with Gasteiger partial charge < -0.3 is 4.74 Å². The molecule has 0 spiro atoms. The van der Waals surface area contributed by atoms with Crippen molar-refractivity contribution in [1.29, 1.82) is 0 Å². The molecule has 0 aliphatic rings. The number of carbonyl (C=O) groups is 1. The third-order valence-corrected chi connectivity index (χ3v) is 2.96. The number of ether oxygens (including phenoxy) is 1. The molecule has 0 bridgehead atoms. The van der Waals surface area contributed by atoms with Crippen LogP contribution >= 0.6 is 0 Å². The van der Waals surface area contributed by atoms with Crippen LogP contribution in [-0.4, -0.2) is 17.4 Å². The summed E-state index contributed by atoms with van der Waals surface area (Å²) in [5.74, 6) is 0.0585. The number of alkyl halides is 2. The van der Waals surface area contributed by atoms with Crippen LogP contribution in [0.25, 0.3) is 10.9 Å². The van der Waals surface area contributed by atoms with Gasteiger partial charge in [0.2, 0.25) is 0 Å². The van der Waals surface area contributed by atoms with Crippen molar-refractivity contribution in [1.82, 2.24) is 4.98 Å². The van der Waals surface area contributed by atoms with Gasteiger partial charge in [-0.05, 0) is 38.5 Å². The van der Waals surface area contributed by atoms with E-state index in [4.69, 9.17) is 0 Å². The summed E-state index contributed by atoms with van der Waals surface area (Å²) in [6, 6.07) is 3.40. The predicted octanol–water partition coefficient (Wildman–Crippen LogP) is 3.66. The second-order valence-electron chi connectivity index (χ2n) is 4.38. The molecule has 0 saturated carbocycles. The molecule has 0 atom stereocenters. The van der Waals surface area contributed by atoms with Crippen LogP contribution in [0.4, 0.5) is 8.78 Å². The van der Waals surface area contributed by atoms with Crippen molar-refractivity contribution >= 4 is 16.7 Å². The summed E-state index contributed by atoms with van der Waals surface area (Å²) in [4.78, 5) is 15.5. The molecule has 2 rings (SSSR count). The maximum absolute atomic E-state index is 12.4. The van der Waals surface area contributed by atoms with Crippen LogP contribution in [0.15, 0.2) is 18.3 Å². The molecule has 2 aromatic rings. The molecule has 1 aromatic carbocycles. The number of halogens is 2. The van der Waals surface area contributed by atoms with E-state index in [0.717, 1.165) is 5.39 Å². The van der Waals surface area contributed by atoms with Crippen LogP contribution in [-0.2, 0) is 0 Å². The lowest BCUT2D eigenvalue weighted by atomic mass is 10.0. The van der Waals surface area contributed by atoms with Crippen molar-refractivity contribution in [3.8, 4) is 5.75 Å². The molecular formula is C14H13F2NO2. The van der Waals surface area contributed by atoms with Gasteiger partial charge in [-0.25, -0.2) is 0 Å². The molecule has 0 amide bonds. The molecule has 5 heteroatoms. The van der Waals surface area contributed by atoms with E-state index in [2.05, 4.69) is 9.72 Å². The summed E-state index contributed by atoms with van der Waals surface area (Å²) in [5.41, 5.74) is 2.19. The second-order valence-corrected chi connectivity index (χ2v) is 4.38. The molecule has 0 radical (unpaired) electrons. The van der Waals surface area contributed by atoms with Gasteiger partial charge in [0.15, 0.2) is 5.78 Å². The fourth-order valence-electron chi connectivity index (χ4n) is 2.07. The minimum absolute atomic E-state index is 0.0855. The summed E-state index contributed by atoms with van der Waals surface area (Å²) in [5, 5.41) is 0.740. The average Bonchev–Trinajstić information content (AvgIpc) is 2.33. The first-order chi connectivity index (χ1) is 8.90. The van der Waals surface area contributed by atoms with E-state index in [9.17, 15) is 13.6 Å². The molecule has 0 aliphatic carbocycles. The predicted molar refractivity (Wildman–Crippen MR) is 67.9 cm³/mol. The standard InChI is InChI=1S/C14H13F2NO2/c1-7-4-10-5-11(9(3)18)6-17-12(10)8(2)13(7)19-14(15)16/h4-6,14H,1-3H3. The first-order valence-corrected chi connectivity index (χ1v) is 5.76. The Morgan fingerprint density at radius 2 is 2.00 bits per heavy atom. The number of ketones is 1. The van der Waals surface area contributed by atoms with Crippen molar-refractivity contribution in [3.63, 3.8) is 0 Å². The molecule has 0 unspecified atom stereocenters. The van der Waals surface area contributed by atoms with Crippen LogP contribution in [0.2, 0.25) is 0 Å². The number of pyridine rings is 1. The maximum atomic E-state index is 12.4. The molecule has 19 heavy (non-hydrogen) atoms. The van der Waals surface area contributed by atoms with Gasteiger partial charge in [0.1, 0.15) is 5.75 Å². The van der Waals surface area contributed by atoms with Crippen LogP contribution < -0.4 is 4.74 Å². The normalized spacial score (nSPS) is 11.1. The highest BCUT2D eigenvalue weighted by Crippen LogP contribution is 2.31. The van der Waals surface area contributed by atoms with E-state index in [1.165, 1.54) is 13.1 Å². The van der Waals surface area contributed by atoms with E-state index in [0.29, 0.717) is 22.2 Å². The highest BCUT2D eigenvalue weighted by Gasteiger charge is 2.14. The Kier molecular flexibility index (Phi) is 3.46. The van der Waals surface area contributed by atoms with E-state index in [1.54, 1.807) is 26.0 Å². The van der Waals surface area contributed by atoms with Crippen molar-refractivity contribution in [2.75, 3.05) is 0 Å². The van der Waals surface area contributed by atoms with Gasteiger partial charge in [0, 0.05) is 22.7 Å². The molecule has 0 N–H and O–H groups in total. The molecule has 100 valence electrons. The third kappa shape index (κ3) is 2.54. The number of rotatable bonds is 3. The Morgan fingerprint density at radius 3 is 2.58 bits per heavy atom. The van der Waals surface area contributed by atoms with Gasteiger partial charge >= 0.3 is 6.61 Å². The highest BCUT2D eigenvalue weighted by molar-refractivity contribution is 5.98. The van der Waals surface area contributed by atoms with Gasteiger partial charge in [0.25, 0.3) is 0 Å². The van der Waals surface area contributed by atoms with Crippen molar-refractivity contribution < 1.29 is 18.3 Å². The summed E-state index contributed by atoms with van der Waals surface area (Å²) >= 11 is 0. The Bertz CT molecular complexity index is 653. The average molecular weight is 265 g/mol. The SMILES string of the molecule is CC(=O)c1cnc2c(C)c(OC(F)F)c(C)cc2c1. The molecule has 1 aromatic heterocycles. The highest BCUT2D eigenvalue weighted by atomic mass is 19.3. The van der Waals surface area contributed by atoms with E-state index < -0.39 is 6.61 Å². The van der Waals surface area contributed by atoms with E-state index in [-0.39, 0.29) is 11.5 Å². The quantitative estimate of drug-likeness (QED) is 0.795. The van der Waals surface area contributed by atoms with Crippen molar-refractivity contribution in [3.05, 3.63) is 35.0 Å². The number of carbonyl (C=O) groups excluding carboxylic acids is 1. The first kappa shape index (κ1) is 13.4. The largest absolute Gasteiger partial charge is 0.434 e. The molecule has 1 heterocycles. The first-order valence-electron chi connectivity index (χ1n) is 5.76. The number of nitrogens with zero attached hydrogens (tertiary/aromatic N) is 1. The summed E-state index contributed by atoms with van der Waals surface area (Å²) in [7, 11) is 0. The molecular weight excluding hydrogens is 252 g/mol. The van der Waals surface area contributed by atoms with E-state index in [1.807, 2.05) is 0 Å². The minimum Gasteiger partial charge on any atom is -0.434 e. The lowest BCUT2D eigenvalue weighted by molar-refractivity contribution is -0.0506. The Morgan fingerprint density at radius 1 is 1.32 bits per heavy atom. The van der Waals surface area contributed by atoms with Gasteiger partial charge in [-0.2, -0.15) is 8.78 Å². The van der Waals surface area contributed by atoms with Crippen LogP contribution in [0, 0.1) is 13.8 Å². The summed E-state index contributed by atoms with van der Waals surface area (Å²) < 4.78 is 29.2. The van der Waals surface area contributed by atoms with Crippen LogP contribution in [0.3, 0.4) is 0 Å². The minimum atomic E-state index is -2.87. The van der Waals surface area contributed by atoms with E-state index >= 15 is 0 Å². The van der Waals surface area contributed by atoms with Gasteiger partial charge in [-0.15, -0.1) is 0 Å². The molecule has 0 fully saturated rings. The lowest BCUT2D eigenvalue weighted by Gasteiger charge is -2.13. The Labute approximate surface area is 109 Å². The smallest absolute Gasteiger partial charge is 0.387 e. The fourth-order valence-corrected chi connectivity index (χ4v) is 2.07.